The Balaban J connectivity index is 2.62. The number of carbonyl (C=O) groups excluding carboxylic acids is 1. The molecule has 0 saturated heterocycles. The number of hydrogen-bond acceptors (Lipinski definition) is 5. The van der Waals surface area contributed by atoms with Gasteiger partial charge in [-0.1, -0.05) is 0 Å². The summed E-state index contributed by atoms with van der Waals surface area (Å²) >= 11 is 0. The van der Waals surface area contributed by atoms with Gasteiger partial charge in [0.05, 0.1) is 0 Å². The summed E-state index contributed by atoms with van der Waals surface area (Å²) in [5.74, 6) is -0.307. The van der Waals surface area contributed by atoms with Crippen LogP contribution in [0.5, 0.6) is 0 Å². The van der Waals surface area contributed by atoms with E-state index in [1.807, 2.05) is 0 Å². The van der Waals surface area contributed by atoms with Crippen molar-refractivity contribution in [3.63, 3.8) is 0 Å². The molecule has 7 heteroatoms. The Bertz CT molecular complexity index is 288. The zero-order valence-electron chi connectivity index (χ0n) is 8.37. The van der Waals surface area contributed by atoms with E-state index in [-0.39, 0.29) is 18.8 Å². The first kappa shape index (κ1) is 12.3. The fraction of sp³-hybridized carbons (Fsp3) is 0.667. The number of ether oxygens (including phenoxy) is 2. The third kappa shape index (κ3) is 3.41. The molecule has 0 aromatic rings. The number of aldehydes is 1. The van der Waals surface area contributed by atoms with Crippen LogP contribution in [0.2, 0.25) is 0 Å². The fourth-order valence-corrected chi connectivity index (χ4v) is 1.77. The third-order valence-electron chi connectivity index (χ3n) is 2.47. The first-order valence-corrected chi connectivity index (χ1v) is 4.77. The van der Waals surface area contributed by atoms with Gasteiger partial charge in [-0.15, -0.1) is 0 Å². The van der Waals surface area contributed by atoms with E-state index in [1.54, 1.807) is 0 Å². The number of hydrogen-bond donors (Lipinski definition) is 2. The maximum Gasteiger partial charge on any atom is 0.506 e. The molecule has 0 aromatic carbocycles. The molecule has 3 unspecified atom stereocenters. The van der Waals surface area contributed by atoms with Crippen molar-refractivity contribution in [1.29, 1.82) is 0 Å². The van der Waals surface area contributed by atoms with Crippen LogP contribution < -0.4 is 0 Å². The summed E-state index contributed by atoms with van der Waals surface area (Å²) in [6.07, 6.45) is -3.08. The van der Waals surface area contributed by atoms with Gasteiger partial charge in [0.2, 0.25) is 0 Å². The molecule has 0 heterocycles. The number of rotatable bonds is 3. The number of carboxylic acid groups (broad SMARTS) is 2. The molecule has 0 aromatic heterocycles. The topological polar surface area (TPSA) is 110 Å². The highest BCUT2D eigenvalue weighted by atomic mass is 16.7. The first-order chi connectivity index (χ1) is 7.52. The highest BCUT2D eigenvalue weighted by Gasteiger charge is 2.35. The molecule has 1 rings (SSSR count). The van der Waals surface area contributed by atoms with E-state index in [0.29, 0.717) is 6.42 Å². The average Bonchev–Trinajstić information content (AvgIpc) is 2.19. The van der Waals surface area contributed by atoms with Gasteiger partial charge in [0.25, 0.3) is 0 Å². The van der Waals surface area contributed by atoms with Crippen molar-refractivity contribution in [3.8, 4) is 0 Å². The summed E-state index contributed by atoms with van der Waals surface area (Å²) in [6.45, 7) is 0. The molecular formula is C9H12O7. The Kier molecular flexibility index (Phi) is 4.10. The van der Waals surface area contributed by atoms with E-state index in [4.69, 9.17) is 10.2 Å². The van der Waals surface area contributed by atoms with Crippen LogP contribution in [0.4, 0.5) is 9.59 Å². The van der Waals surface area contributed by atoms with Crippen LogP contribution in [0.3, 0.4) is 0 Å². The first-order valence-electron chi connectivity index (χ1n) is 4.77. The zero-order valence-corrected chi connectivity index (χ0v) is 8.37. The maximum atomic E-state index is 10.6. The van der Waals surface area contributed by atoms with Crippen molar-refractivity contribution in [2.75, 3.05) is 0 Å². The predicted molar refractivity (Wildman–Crippen MR) is 49.2 cm³/mol. The Morgan fingerprint density at radius 1 is 1.06 bits per heavy atom. The van der Waals surface area contributed by atoms with Crippen molar-refractivity contribution < 1.29 is 34.1 Å². The Labute approximate surface area is 91.0 Å². The van der Waals surface area contributed by atoms with E-state index in [1.165, 1.54) is 0 Å². The summed E-state index contributed by atoms with van der Waals surface area (Å²) in [5, 5.41) is 16.9. The van der Waals surface area contributed by atoms with Crippen molar-refractivity contribution in [2.24, 2.45) is 5.92 Å². The summed E-state index contributed by atoms with van der Waals surface area (Å²) in [6, 6.07) is 0. The highest BCUT2D eigenvalue weighted by Crippen LogP contribution is 2.27. The van der Waals surface area contributed by atoms with E-state index in [9.17, 15) is 14.4 Å². The third-order valence-corrected chi connectivity index (χ3v) is 2.47. The summed E-state index contributed by atoms with van der Waals surface area (Å²) in [4.78, 5) is 31.3. The monoisotopic (exact) mass is 232 g/mol. The molecule has 0 bridgehead atoms. The van der Waals surface area contributed by atoms with Gasteiger partial charge in [0.15, 0.2) is 0 Å². The Morgan fingerprint density at radius 3 is 2.12 bits per heavy atom. The Morgan fingerprint density at radius 2 is 1.62 bits per heavy atom. The van der Waals surface area contributed by atoms with Crippen LogP contribution in [0.25, 0.3) is 0 Å². The van der Waals surface area contributed by atoms with Crippen LogP contribution in [-0.2, 0) is 14.3 Å². The van der Waals surface area contributed by atoms with Crippen LogP contribution in [0, 0.1) is 5.92 Å². The normalized spacial score (nSPS) is 29.1. The van der Waals surface area contributed by atoms with Gasteiger partial charge in [-0.05, 0) is 19.3 Å². The molecule has 0 aliphatic heterocycles. The molecule has 0 spiro atoms. The minimum Gasteiger partial charge on any atom is -0.450 e. The zero-order chi connectivity index (χ0) is 12.1. The number of carbonyl (C=O) groups is 3. The molecule has 1 aliphatic carbocycles. The molecule has 0 amide bonds. The van der Waals surface area contributed by atoms with Crippen molar-refractivity contribution in [3.05, 3.63) is 0 Å². The molecule has 7 nitrogen and oxygen atoms in total. The molecule has 16 heavy (non-hydrogen) atoms. The van der Waals surface area contributed by atoms with Crippen molar-refractivity contribution >= 4 is 18.6 Å². The molecule has 2 N–H and O–H groups in total. The SMILES string of the molecule is O=CC1CCC(OC(=O)O)C(OC(=O)O)C1. The summed E-state index contributed by atoms with van der Waals surface area (Å²) in [7, 11) is 0. The predicted octanol–water partition coefficient (Wildman–Crippen LogP) is 1.11. The standard InChI is InChI=1S/C9H12O7/c10-4-5-1-2-6(15-8(11)12)7(3-5)16-9(13)14/h4-7H,1-3H2,(H,11,12)(H,13,14). The second-order valence-electron chi connectivity index (χ2n) is 3.55. The maximum absolute atomic E-state index is 10.6. The smallest absolute Gasteiger partial charge is 0.450 e. The van der Waals surface area contributed by atoms with Gasteiger partial charge < -0.3 is 24.5 Å². The van der Waals surface area contributed by atoms with Crippen LogP contribution in [0.15, 0.2) is 0 Å². The van der Waals surface area contributed by atoms with Crippen molar-refractivity contribution in [2.45, 2.75) is 31.5 Å². The van der Waals surface area contributed by atoms with Crippen LogP contribution in [0.1, 0.15) is 19.3 Å². The van der Waals surface area contributed by atoms with Gasteiger partial charge in [0, 0.05) is 5.92 Å². The van der Waals surface area contributed by atoms with E-state index in [2.05, 4.69) is 9.47 Å². The van der Waals surface area contributed by atoms with Crippen LogP contribution in [-0.4, -0.2) is 41.0 Å². The lowest BCUT2D eigenvalue weighted by molar-refractivity contribution is -0.116. The lowest BCUT2D eigenvalue weighted by Crippen LogP contribution is -2.40. The lowest BCUT2D eigenvalue weighted by Gasteiger charge is -2.31. The molecule has 90 valence electrons. The summed E-state index contributed by atoms with van der Waals surface area (Å²) in [5.41, 5.74) is 0. The molecular weight excluding hydrogens is 220 g/mol. The lowest BCUT2D eigenvalue weighted by atomic mass is 9.86. The molecule has 1 aliphatic rings. The van der Waals surface area contributed by atoms with Crippen LogP contribution >= 0.6 is 0 Å². The van der Waals surface area contributed by atoms with Crippen molar-refractivity contribution in [1.82, 2.24) is 0 Å². The van der Waals surface area contributed by atoms with Gasteiger partial charge in [-0.3, -0.25) is 0 Å². The second kappa shape index (κ2) is 5.34. The Hall–Kier alpha value is -1.79. The minimum absolute atomic E-state index is 0.160. The summed E-state index contributed by atoms with van der Waals surface area (Å²) < 4.78 is 9.02. The average molecular weight is 232 g/mol. The molecule has 1 saturated carbocycles. The van der Waals surface area contributed by atoms with Gasteiger partial charge in [-0.2, -0.15) is 0 Å². The van der Waals surface area contributed by atoms with Gasteiger partial charge in [0.1, 0.15) is 18.5 Å². The highest BCUT2D eigenvalue weighted by molar-refractivity contribution is 5.59. The molecule has 3 atom stereocenters. The van der Waals surface area contributed by atoms with E-state index in [0.717, 1.165) is 6.29 Å². The quantitative estimate of drug-likeness (QED) is 0.553. The van der Waals surface area contributed by atoms with Gasteiger partial charge >= 0.3 is 12.3 Å². The largest absolute Gasteiger partial charge is 0.506 e. The minimum atomic E-state index is -1.50. The van der Waals surface area contributed by atoms with E-state index >= 15 is 0 Å². The second-order valence-corrected chi connectivity index (χ2v) is 3.55. The van der Waals surface area contributed by atoms with E-state index < -0.39 is 24.5 Å². The van der Waals surface area contributed by atoms with Gasteiger partial charge in [-0.25, -0.2) is 9.59 Å². The molecule has 0 radical (unpaired) electrons. The molecule has 1 fully saturated rings. The fourth-order valence-electron chi connectivity index (χ4n) is 1.77.